The third-order valence-corrected chi connectivity index (χ3v) is 5.63. The van der Waals surface area contributed by atoms with Crippen LogP contribution in [0.5, 0.6) is 5.75 Å². The highest BCUT2D eigenvalue weighted by atomic mass is 32.2. The van der Waals surface area contributed by atoms with E-state index in [9.17, 15) is 13.2 Å². The predicted octanol–water partition coefficient (Wildman–Crippen LogP) is 3.27. The number of carbonyl (C=O) groups excluding carboxylic acids is 1. The minimum atomic E-state index is -3.97. The van der Waals surface area contributed by atoms with Gasteiger partial charge in [-0.05, 0) is 29.3 Å². The molecule has 0 radical (unpaired) electrons. The van der Waals surface area contributed by atoms with Crippen molar-refractivity contribution in [1.82, 2.24) is 0 Å². The van der Waals surface area contributed by atoms with Gasteiger partial charge in [-0.15, -0.1) is 0 Å². The Bertz CT molecular complexity index is 1140. The van der Waals surface area contributed by atoms with E-state index in [1.165, 1.54) is 25.3 Å². The highest BCUT2D eigenvalue weighted by Gasteiger charge is 2.32. The molecule has 7 heteroatoms. The van der Waals surface area contributed by atoms with Crippen LogP contribution >= 0.6 is 0 Å². The Morgan fingerprint density at radius 3 is 2.04 bits per heavy atom. The van der Waals surface area contributed by atoms with E-state index in [0.29, 0.717) is 0 Å². The number of primary sulfonamides is 1. The molecule has 3 aromatic carbocycles. The molecule has 0 unspecified atom stereocenters. The van der Waals surface area contributed by atoms with Gasteiger partial charge in [-0.25, -0.2) is 18.4 Å². The van der Waals surface area contributed by atoms with Gasteiger partial charge in [0.05, 0.1) is 12.0 Å². The molecule has 0 bridgehead atoms. The van der Waals surface area contributed by atoms with Gasteiger partial charge in [-0.1, -0.05) is 48.5 Å². The Hall–Kier alpha value is -3.16. The molecule has 0 amide bonds. The highest BCUT2D eigenvalue weighted by molar-refractivity contribution is 7.89. The summed E-state index contributed by atoms with van der Waals surface area (Å²) in [5.74, 6) is -0.490. The van der Waals surface area contributed by atoms with Gasteiger partial charge in [0.15, 0.2) is 6.10 Å². The second-order valence-corrected chi connectivity index (χ2v) is 7.93. The molecule has 0 atom stereocenters. The molecular weight excluding hydrogens is 378 g/mol. The van der Waals surface area contributed by atoms with Crippen molar-refractivity contribution in [2.45, 2.75) is 11.0 Å². The number of fused-ring (bicyclic) bond motifs is 3. The van der Waals surface area contributed by atoms with Crippen molar-refractivity contribution in [3.8, 4) is 16.9 Å². The van der Waals surface area contributed by atoms with Crippen LogP contribution in [0.25, 0.3) is 11.1 Å². The van der Waals surface area contributed by atoms with Crippen LogP contribution in [0.1, 0.15) is 27.6 Å². The molecule has 2 N–H and O–H groups in total. The number of benzene rings is 3. The second kappa shape index (κ2) is 6.78. The van der Waals surface area contributed by atoms with Gasteiger partial charge in [0.1, 0.15) is 11.3 Å². The van der Waals surface area contributed by atoms with E-state index in [1.54, 1.807) is 0 Å². The first kappa shape index (κ1) is 18.2. The number of sulfonamides is 1. The summed E-state index contributed by atoms with van der Waals surface area (Å²) < 4.78 is 34.3. The van der Waals surface area contributed by atoms with Crippen LogP contribution in [0.4, 0.5) is 0 Å². The first-order valence-corrected chi connectivity index (χ1v) is 10.0. The standard InChI is InChI=1S/C21H17NO5S/c1-26-19-11-10-13(28(22,24)25)12-18(19)21(23)27-20-16-8-4-2-6-14(16)15-7-3-5-9-17(15)20/h2-12,20H,1H3,(H2,22,24,25). The zero-order chi connectivity index (χ0) is 19.9. The predicted molar refractivity (Wildman–Crippen MR) is 104 cm³/mol. The van der Waals surface area contributed by atoms with E-state index >= 15 is 0 Å². The number of methoxy groups -OCH3 is 1. The zero-order valence-corrected chi connectivity index (χ0v) is 15.8. The van der Waals surface area contributed by atoms with Crippen molar-refractivity contribution >= 4 is 16.0 Å². The van der Waals surface area contributed by atoms with Gasteiger partial charge in [-0.3, -0.25) is 0 Å². The molecule has 1 aliphatic rings. The van der Waals surface area contributed by atoms with Crippen LogP contribution in [-0.4, -0.2) is 21.5 Å². The number of ether oxygens (including phenoxy) is 2. The maximum atomic E-state index is 12.9. The lowest BCUT2D eigenvalue weighted by Crippen LogP contribution is -2.15. The molecule has 0 saturated carbocycles. The van der Waals surface area contributed by atoms with Gasteiger partial charge in [0.2, 0.25) is 10.0 Å². The van der Waals surface area contributed by atoms with Crippen LogP contribution in [0.3, 0.4) is 0 Å². The van der Waals surface area contributed by atoms with Crippen LogP contribution in [-0.2, 0) is 14.8 Å². The molecule has 0 fully saturated rings. The van der Waals surface area contributed by atoms with E-state index in [2.05, 4.69) is 0 Å². The molecule has 1 aliphatic carbocycles. The normalized spacial score (nSPS) is 12.9. The zero-order valence-electron chi connectivity index (χ0n) is 15.0. The Labute approximate surface area is 162 Å². The van der Waals surface area contributed by atoms with E-state index in [0.717, 1.165) is 22.3 Å². The number of nitrogens with two attached hydrogens (primary N) is 1. The van der Waals surface area contributed by atoms with E-state index in [1.807, 2.05) is 48.5 Å². The maximum absolute atomic E-state index is 12.9. The van der Waals surface area contributed by atoms with Crippen LogP contribution in [0.15, 0.2) is 71.6 Å². The van der Waals surface area contributed by atoms with Gasteiger partial charge in [-0.2, -0.15) is 0 Å². The van der Waals surface area contributed by atoms with E-state index in [-0.39, 0.29) is 16.2 Å². The summed E-state index contributed by atoms with van der Waals surface area (Å²) in [7, 11) is -2.58. The molecule has 142 valence electrons. The third kappa shape index (κ3) is 3.04. The fraction of sp³-hybridized carbons (Fsp3) is 0.0952. The Morgan fingerprint density at radius 2 is 1.50 bits per heavy atom. The lowest BCUT2D eigenvalue weighted by molar-refractivity contribution is 0.0382. The number of rotatable bonds is 4. The Balaban J connectivity index is 1.76. The van der Waals surface area contributed by atoms with E-state index < -0.39 is 22.1 Å². The molecule has 0 aliphatic heterocycles. The SMILES string of the molecule is COc1ccc(S(N)(=O)=O)cc1C(=O)OC1c2ccccc2-c2ccccc21. The second-order valence-electron chi connectivity index (χ2n) is 6.37. The van der Waals surface area contributed by atoms with Gasteiger partial charge in [0.25, 0.3) is 0 Å². The molecule has 0 aromatic heterocycles. The number of carbonyl (C=O) groups is 1. The molecule has 0 heterocycles. The van der Waals surface area contributed by atoms with Gasteiger partial charge >= 0.3 is 5.97 Å². The van der Waals surface area contributed by atoms with Crippen LogP contribution in [0, 0.1) is 0 Å². The first-order valence-electron chi connectivity index (χ1n) is 8.50. The largest absolute Gasteiger partial charge is 0.496 e. The molecule has 0 spiro atoms. The minimum Gasteiger partial charge on any atom is -0.496 e. The Kier molecular flexibility index (Phi) is 4.41. The van der Waals surface area contributed by atoms with Crippen molar-refractivity contribution in [1.29, 1.82) is 0 Å². The summed E-state index contributed by atoms with van der Waals surface area (Å²) in [6, 6.07) is 19.2. The minimum absolute atomic E-state index is 0.00381. The molecule has 28 heavy (non-hydrogen) atoms. The lowest BCUT2D eigenvalue weighted by atomic mass is 10.1. The van der Waals surface area contributed by atoms with Crippen molar-refractivity contribution in [3.63, 3.8) is 0 Å². The summed E-state index contributed by atoms with van der Waals surface area (Å²) in [5, 5.41) is 5.19. The number of hydrogen-bond donors (Lipinski definition) is 1. The maximum Gasteiger partial charge on any atom is 0.342 e. The fourth-order valence-electron chi connectivity index (χ4n) is 3.43. The van der Waals surface area contributed by atoms with Crippen LogP contribution < -0.4 is 9.88 Å². The molecule has 4 rings (SSSR count). The van der Waals surface area contributed by atoms with Crippen LogP contribution in [0.2, 0.25) is 0 Å². The summed E-state index contributed by atoms with van der Waals surface area (Å²) in [4.78, 5) is 12.8. The highest BCUT2D eigenvalue weighted by Crippen LogP contribution is 2.45. The summed E-state index contributed by atoms with van der Waals surface area (Å²) >= 11 is 0. The third-order valence-electron chi connectivity index (χ3n) is 4.72. The van der Waals surface area contributed by atoms with Crippen molar-refractivity contribution in [2.24, 2.45) is 5.14 Å². The molecule has 6 nitrogen and oxygen atoms in total. The molecular formula is C21H17NO5S. The smallest absolute Gasteiger partial charge is 0.342 e. The van der Waals surface area contributed by atoms with Crippen molar-refractivity contribution in [3.05, 3.63) is 83.4 Å². The quantitative estimate of drug-likeness (QED) is 0.684. The topological polar surface area (TPSA) is 95.7 Å². The Morgan fingerprint density at radius 1 is 0.929 bits per heavy atom. The molecule has 3 aromatic rings. The fourth-order valence-corrected chi connectivity index (χ4v) is 3.97. The first-order chi connectivity index (χ1) is 13.4. The summed E-state index contributed by atoms with van der Waals surface area (Å²) in [6.07, 6.45) is -0.595. The number of hydrogen-bond acceptors (Lipinski definition) is 5. The van der Waals surface area contributed by atoms with E-state index in [4.69, 9.17) is 14.6 Å². The summed E-state index contributed by atoms with van der Waals surface area (Å²) in [5.41, 5.74) is 3.75. The number of esters is 1. The lowest BCUT2D eigenvalue weighted by Gasteiger charge is -2.16. The van der Waals surface area contributed by atoms with Gasteiger partial charge < -0.3 is 9.47 Å². The van der Waals surface area contributed by atoms with Crippen molar-refractivity contribution < 1.29 is 22.7 Å². The van der Waals surface area contributed by atoms with Crippen molar-refractivity contribution in [2.75, 3.05) is 7.11 Å². The van der Waals surface area contributed by atoms with Gasteiger partial charge in [0, 0.05) is 11.1 Å². The summed E-state index contributed by atoms with van der Waals surface area (Å²) in [6.45, 7) is 0. The average Bonchev–Trinajstić information content (AvgIpc) is 3.01. The monoisotopic (exact) mass is 395 g/mol. The average molecular weight is 395 g/mol. The molecule has 0 saturated heterocycles.